The number of hydrogen-bond acceptors (Lipinski definition) is 2. The predicted octanol–water partition coefficient (Wildman–Crippen LogP) is 3.86. The van der Waals surface area contributed by atoms with E-state index in [2.05, 4.69) is 21.4 Å². The number of nitrogens with two attached hydrogens (primary N) is 1. The lowest BCUT2D eigenvalue weighted by Crippen LogP contribution is -2.29. The second-order valence-corrected chi connectivity index (χ2v) is 5.30. The van der Waals surface area contributed by atoms with E-state index in [1.165, 1.54) is 11.6 Å². The maximum Gasteiger partial charge on any atom is 0.173 e. The average Bonchev–Trinajstić information content (AvgIpc) is 2.48. The number of benzene rings is 2. The van der Waals surface area contributed by atoms with Crippen molar-refractivity contribution in [3.8, 4) is 0 Å². The molecular formula is C15H15BrF2N2. The van der Waals surface area contributed by atoms with Gasteiger partial charge in [-0.2, -0.15) is 0 Å². The van der Waals surface area contributed by atoms with Crippen molar-refractivity contribution in [2.45, 2.75) is 18.9 Å². The standard InChI is InChI=1S/C15H15BrF2N2/c16-14-11(7-8-12(17)15(14)18)13(20-19)9-6-10-4-2-1-3-5-10/h1-5,7-8,13,20H,6,9,19H2. The van der Waals surface area contributed by atoms with Crippen LogP contribution in [0.4, 0.5) is 8.78 Å². The van der Waals surface area contributed by atoms with Crippen LogP contribution >= 0.6 is 15.9 Å². The van der Waals surface area contributed by atoms with Crippen LogP contribution in [-0.4, -0.2) is 0 Å². The summed E-state index contributed by atoms with van der Waals surface area (Å²) in [6.07, 6.45) is 1.48. The van der Waals surface area contributed by atoms with Crippen molar-refractivity contribution in [2.75, 3.05) is 0 Å². The highest BCUT2D eigenvalue weighted by Crippen LogP contribution is 2.29. The van der Waals surface area contributed by atoms with Crippen LogP contribution in [0.3, 0.4) is 0 Å². The second kappa shape index (κ2) is 6.92. The van der Waals surface area contributed by atoms with Gasteiger partial charge >= 0.3 is 0 Å². The van der Waals surface area contributed by atoms with Crippen LogP contribution in [0.1, 0.15) is 23.6 Å². The smallest absolute Gasteiger partial charge is 0.173 e. The molecule has 2 aromatic rings. The molecule has 0 aliphatic carbocycles. The van der Waals surface area contributed by atoms with E-state index in [9.17, 15) is 8.78 Å². The highest BCUT2D eigenvalue weighted by Gasteiger charge is 2.18. The molecule has 0 aromatic heterocycles. The van der Waals surface area contributed by atoms with Gasteiger partial charge in [-0.15, -0.1) is 0 Å². The van der Waals surface area contributed by atoms with Gasteiger partial charge < -0.3 is 0 Å². The molecule has 20 heavy (non-hydrogen) atoms. The predicted molar refractivity (Wildman–Crippen MR) is 78.9 cm³/mol. The molecule has 0 saturated heterocycles. The zero-order chi connectivity index (χ0) is 14.5. The van der Waals surface area contributed by atoms with Gasteiger partial charge in [0, 0.05) is 6.04 Å². The summed E-state index contributed by atoms with van der Waals surface area (Å²) < 4.78 is 26.8. The molecule has 0 amide bonds. The zero-order valence-corrected chi connectivity index (χ0v) is 12.3. The lowest BCUT2D eigenvalue weighted by atomic mass is 9.99. The van der Waals surface area contributed by atoms with Crippen molar-refractivity contribution < 1.29 is 8.78 Å². The van der Waals surface area contributed by atoms with Gasteiger partial charge in [0.15, 0.2) is 11.6 Å². The molecule has 106 valence electrons. The van der Waals surface area contributed by atoms with Crippen LogP contribution < -0.4 is 11.3 Å². The van der Waals surface area contributed by atoms with Gasteiger partial charge in [-0.05, 0) is 46.0 Å². The van der Waals surface area contributed by atoms with E-state index in [-0.39, 0.29) is 10.5 Å². The topological polar surface area (TPSA) is 38.0 Å². The lowest BCUT2D eigenvalue weighted by molar-refractivity contribution is 0.482. The van der Waals surface area contributed by atoms with Crippen LogP contribution in [0.2, 0.25) is 0 Å². The number of aryl methyl sites for hydroxylation is 1. The Kier molecular flexibility index (Phi) is 5.23. The van der Waals surface area contributed by atoms with Crippen LogP contribution in [-0.2, 0) is 6.42 Å². The summed E-state index contributed by atoms with van der Waals surface area (Å²) in [7, 11) is 0. The molecule has 5 heteroatoms. The minimum atomic E-state index is -0.887. The van der Waals surface area contributed by atoms with Crippen molar-refractivity contribution in [3.63, 3.8) is 0 Å². The van der Waals surface area contributed by atoms with Gasteiger partial charge in [-0.1, -0.05) is 36.4 Å². The summed E-state index contributed by atoms with van der Waals surface area (Å²) in [5.74, 6) is 3.78. The maximum atomic E-state index is 13.6. The molecule has 0 radical (unpaired) electrons. The van der Waals surface area contributed by atoms with E-state index in [0.29, 0.717) is 12.0 Å². The third-order valence-electron chi connectivity index (χ3n) is 3.21. The van der Waals surface area contributed by atoms with Crippen LogP contribution in [0.15, 0.2) is 46.9 Å². The molecule has 0 aliphatic rings. The quantitative estimate of drug-likeness (QED) is 0.492. The first kappa shape index (κ1) is 15.1. The van der Waals surface area contributed by atoms with E-state index in [4.69, 9.17) is 5.84 Å². The summed E-state index contributed by atoms with van der Waals surface area (Å²) in [5.41, 5.74) is 4.44. The SMILES string of the molecule is NNC(CCc1ccccc1)c1ccc(F)c(F)c1Br. The Morgan fingerprint density at radius 1 is 1.10 bits per heavy atom. The number of hydrazine groups is 1. The van der Waals surface area contributed by atoms with E-state index in [1.54, 1.807) is 0 Å². The summed E-state index contributed by atoms with van der Waals surface area (Å²) in [6.45, 7) is 0. The Bertz CT molecular complexity index is 576. The van der Waals surface area contributed by atoms with Crippen LogP contribution in [0, 0.1) is 11.6 Å². The van der Waals surface area contributed by atoms with Gasteiger partial charge in [0.25, 0.3) is 0 Å². The van der Waals surface area contributed by atoms with Crippen molar-refractivity contribution in [1.82, 2.24) is 5.43 Å². The number of hydrogen-bond donors (Lipinski definition) is 2. The van der Waals surface area contributed by atoms with Crippen molar-refractivity contribution in [3.05, 3.63) is 69.7 Å². The summed E-state index contributed by atoms with van der Waals surface area (Å²) >= 11 is 3.09. The van der Waals surface area contributed by atoms with Gasteiger partial charge in [0.2, 0.25) is 0 Å². The molecule has 0 spiro atoms. The summed E-state index contributed by atoms with van der Waals surface area (Å²) in [5, 5.41) is 0. The minimum absolute atomic E-state index is 0.119. The molecule has 0 aliphatic heterocycles. The molecule has 2 aromatic carbocycles. The second-order valence-electron chi connectivity index (χ2n) is 4.51. The Morgan fingerprint density at radius 3 is 2.45 bits per heavy atom. The van der Waals surface area contributed by atoms with Gasteiger partial charge in [0.1, 0.15) is 0 Å². The van der Waals surface area contributed by atoms with Crippen molar-refractivity contribution in [2.24, 2.45) is 5.84 Å². The van der Waals surface area contributed by atoms with E-state index in [1.807, 2.05) is 30.3 Å². The monoisotopic (exact) mass is 340 g/mol. The first-order chi connectivity index (χ1) is 9.63. The highest BCUT2D eigenvalue weighted by molar-refractivity contribution is 9.10. The Balaban J connectivity index is 2.15. The summed E-state index contributed by atoms with van der Waals surface area (Å²) in [4.78, 5) is 0. The molecule has 0 fully saturated rings. The molecule has 0 bridgehead atoms. The summed E-state index contributed by atoms with van der Waals surface area (Å²) in [6, 6.07) is 12.3. The highest BCUT2D eigenvalue weighted by atomic mass is 79.9. The third kappa shape index (κ3) is 3.42. The van der Waals surface area contributed by atoms with Crippen molar-refractivity contribution in [1.29, 1.82) is 0 Å². The van der Waals surface area contributed by atoms with Crippen molar-refractivity contribution >= 4 is 15.9 Å². The van der Waals surface area contributed by atoms with E-state index < -0.39 is 11.6 Å². The van der Waals surface area contributed by atoms with Crippen LogP contribution in [0.25, 0.3) is 0 Å². The molecule has 2 nitrogen and oxygen atoms in total. The molecular weight excluding hydrogens is 326 g/mol. The average molecular weight is 341 g/mol. The maximum absolute atomic E-state index is 13.6. The molecule has 3 N–H and O–H groups in total. The first-order valence-corrected chi connectivity index (χ1v) is 7.06. The Hall–Kier alpha value is -1.30. The largest absolute Gasteiger partial charge is 0.271 e. The van der Waals surface area contributed by atoms with E-state index >= 15 is 0 Å². The molecule has 0 heterocycles. The number of halogens is 3. The van der Waals surface area contributed by atoms with Gasteiger partial charge in [-0.3, -0.25) is 11.3 Å². The van der Waals surface area contributed by atoms with Gasteiger partial charge in [0.05, 0.1) is 4.47 Å². The molecule has 1 atom stereocenters. The molecule has 1 unspecified atom stereocenters. The fraction of sp³-hybridized carbons (Fsp3) is 0.200. The normalized spacial score (nSPS) is 12.4. The number of rotatable bonds is 5. The Morgan fingerprint density at radius 2 is 1.80 bits per heavy atom. The fourth-order valence-corrected chi connectivity index (χ4v) is 2.69. The lowest BCUT2D eigenvalue weighted by Gasteiger charge is -2.18. The first-order valence-electron chi connectivity index (χ1n) is 6.27. The molecule has 0 saturated carbocycles. The fourth-order valence-electron chi connectivity index (χ4n) is 2.09. The van der Waals surface area contributed by atoms with Crippen LogP contribution in [0.5, 0.6) is 0 Å². The third-order valence-corrected chi connectivity index (χ3v) is 4.01. The molecule has 2 rings (SSSR count). The number of nitrogens with one attached hydrogen (secondary N) is 1. The zero-order valence-electron chi connectivity index (χ0n) is 10.7. The van der Waals surface area contributed by atoms with E-state index in [0.717, 1.165) is 12.5 Å². The minimum Gasteiger partial charge on any atom is -0.271 e. The van der Waals surface area contributed by atoms with Gasteiger partial charge in [-0.25, -0.2) is 8.78 Å². The Labute approximate surface area is 125 Å².